The lowest BCUT2D eigenvalue weighted by molar-refractivity contribution is 0.259. The number of aliphatic imine (C=N–C) groups is 1. The van der Waals surface area contributed by atoms with Gasteiger partial charge in [-0.1, -0.05) is 49.3 Å². The fourth-order valence-corrected chi connectivity index (χ4v) is 5.21. The molecular weight excluding hydrogens is 541 g/mol. The van der Waals surface area contributed by atoms with E-state index < -0.39 is 10.0 Å². The molecule has 1 atom stereocenters. The second-order valence-corrected chi connectivity index (χ2v) is 10.1. The summed E-state index contributed by atoms with van der Waals surface area (Å²) in [6.45, 7) is 10.00. The quantitative estimate of drug-likeness (QED) is 0.296. The molecule has 2 heterocycles. The Labute approximate surface area is 208 Å². The van der Waals surface area contributed by atoms with Gasteiger partial charge in [-0.25, -0.2) is 8.42 Å². The fraction of sp³-hybridized carbons (Fsp3) is 0.545. The van der Waals surface area contributed by atoms with Gasteiger partial charge in [0.2, 0.25) is 10.0 Å². The van der Waals surface area contributed by atoms with Crippen LogP contribution in [0.5, 0.6) is 0 Å². The van der Waals surface area contributed by atoms with Crippen molar-refractivity contribution in [2.45, 2.75) is 32.4 Å². The Kier molecular flexibility index (Phi) is 10.4. The number of benzene rings is 1. The Morgan fingerprint density at radius 2 is 1.84 bits per heavy atom. The molecule has 0 saturated carbocycles. The zero-order chi connectivity index (χ0) is 22.3. The third-order valence-corrected chi connectivity index (χ3v) is 7.37. The van der Waals surface area contributed by atoms with Crippen molar-refractivity contribution < 1.29 is 12.9 Å². The first-order valence-corrected chi connectivity index (χ1v) is 12.5. The molecule has 0 radical (unpaired) electrons. The van der Waals surface area contributed by atoms with Crippen molar-refractivity contribution >= 4 is 40.0 Å². The third-order valence-electron chi connectivity index (χ3n) is 5.56. The number of rotatable bonds is 8. The van der Waals surface area contributed by atoms with Crippen molar-refractivity contribution in [1.82, 2.24) is 19.7 Å². The Morgan fingerprint density at radius 1 is 1.16 bits per heavy atom. The Hall–Kier alpha value is -1.66. The molecular formula is C22H34IN5O3S. The molecule has 1 aliphatic rings. The number of guanidine groups is 1. The molecule has 1 aromatic carbocycles. The lowest BCUT2D eigenvalue weighted by Gasteiger charge is -2.36. The first kappa shape index (κ1) is 26.6. The molecule has 1 N–H and O–H groups in total. The predicted octanol–water partition coefficient (Wildman–Crippen LogP) is 3.15. The number of halogens is 1. The number of sulfonamides is 1. The van der Waals surface area contributed by atoms with E-state index in [1.165, 1.54) is 16.1 Å². The molecule has 10 heteroatoms. The van der Waals surface area contributed by atoms with Crippen LogP contribution < -0.4 is 5.32 Å². The molecule has 32 heavy (non-hydrogen) atoms. The summed E-state index contributed by atoms with van der Waals surface area (Å²) in [5.74, 6) is 1.51. The van der Waals surface area contributed by atoms with E-state index in [0.29, 0.717) is 50.3 Å². The largest absolute Gasteiger partial charge is 0.364 e. The summed E-state index contributed by atoms with van der Waals surface area (Å²) in [5, 5.41) is 7.10. The van der Waals surface area contributed by atoms with Crippen LogP contribution >= 0.6 is 24.0 Å². The van der Waals surface area contributed by atoms with Gasteiger partial charge in [0.1, 0.15) is 12.0 Å². The summed E-state index contributed by atoms with van der Waals surface area (Å²) in [6, 6.07) is 12.1. The van der Waals surface area contributed by atoms with E-state index in [0.717, 1.165) is 12.5 Å². The van der Waals surface area contributed by atoms with Gasteiger partial charge in [-0.05, 0) is 18.4 Å². The first-order valence-electron chi connectivity index (χ1n) is 10.9. The maximum Gasteiger partial charge on any atom is 0.220 e. The van der Waals surface area contributed by atoms with Crippen molar-refractivity contribution in [3.8, 4) is 0 Å². The van der Waals surface area contributed by atoms with Crippen molar-refractivity contribution in [2.75, 3.05) is 39.3 Å². The highest BCUT2D eigenvalue weighted by atomic mass is 127. The average Bonchev–Trinajstić information content (AvgIpc) is 3.26. The number of hydrogen-bond donors (Lipinski definition) is 1. The van der Waals surface area contributed by atoms with Gasteiger partial charge in [-0.2, -0.15) is 4.31 Å². The van der Waals surface area contributed by atoms with Crippen LogP contribution in [0.25, 0.3) is 0 Å². The highest BCUT2D eigenvalue weighted by Gasteiger charge is 2.29. The van der Waals surface area contributed by atoms with E-state index in [1.807, 2.05) is 13.0 Å². The molecule has 178 valence electrons. The fourth-order valence-electron chi connectivity index (χ4n) is 3.78. The highest BCUT2D eigenvalue weighted by molar-refractivity contribution is 14.0. The SMILES string of the molecule is CCNC(=NCC(c1ccccc1)C(C)C)N1CCN(S(=O)(=O)Cc2ccon2)CC1.I. The summed E-state index contributed by atoms with van der Waals surface area (Å²) in [6.07, 6.45) is 1.39. The summed E-state index contributed by atoms with van der Waals surface area (Å²) in [7, 11) is -3.42. The summed E-state index contributed by atoms with van der Waals surface area (Å²) < 4.78 is 31.6. The molecule has 2 aromatic rings. The second kappa shape index (κ2) is 12.5. The molecule has 1 unspecified atom stereocenters. The van der Waals surface area contributed by atoms with Gasteiger partial charge in [0.15, 0.2) is 5.96 Å². The molecule has 1 saturated heterocycles. The number of piperazine rings is 1. The molecule has 8 nitrogen and oxygen atoms in total. The maximum atomic E-state index is 12.7. The van der Waals surface area contributed by atoms with Crippen LogP contribution in [-0.2, 0) is 15.8 Å². The molecule has 1 aliphatic heterocycles. The molecule has 1 fully saturated rings. The van der Waals surface area contributed by atoms with Gasteiger partial charge in [0.05, 0.1) is 5.69 Å². The van der Waals surface area contributed by atoms with Crippen LogP contribution in [-0.4, -0.2) is 68.0 Å². The zero-order valence-electron chi connectivity index (χ0n) is 19.0. The minimum Gasteiger partial charge on any atom is -0.364 e. The van der Waals surface area contributed by atoms with Crippen LogP contribution in [0.3, 0.4) is 0 Å². The number of nitrogens with one attached hydrogen (secondary N) is 1. The molecule has 0 bridgehead atoms. The zero-order valence-corrected chi connectivity index (χ0v) is 22.1. The molecule has 0 spiro atoms. The minimum absolute atomic E-state index is 0. The van der Waals surface area contributed by atoms with E-state index in [-0.39, 0.29) is 29.7 Å². The molecule has 0 aliphatic carbocycles. The lowest BCUT2D eigenvalue weighted by atomic mass is 9.88. The standard InChI is InChI=1S/C22H33N5O3S.HI/c1-4-23-22(24-16-21(18(2)3)19-8-6-5-7-9-19)26-11-13-27(14-12-26)31(28,29)17-20-10-15-30-25-20;/h5-10,15,18,21H,4,11-14,16-17H2,1-3H3,(H,23,24);1H. The van der Waals surface area contributed by atoms with Crippen LogP contribution in [0.15, 0.2) is 52.2 Å². The van der Waals surface area contributed by atoms with Gasteiger partial charge >= 0.3 is 0 Å². The van der Waals surface area contributed by atoms with Crippen molar-refractivity contribution in [3.63, 3.8) is 0 Å². The van der Waals surface area contributed by atoms with Crippen molar-refractivity contribution in [1.29, 1.82) is 0 Å². The number of aromatic nitrogens is 1. The van der Waals surface area contributed by atoms with Crippen molar-refractivity contribution in [3.05, 3.63) is 53.9 Å². The van der Waals surface area contributed by atoms with Gasteiger partial charge in [0, 0.05) is 51.3 Å². The summed E-state index contributed by atoms with van der Waals surface area (Å²) in [5.41, 5.74) is 1.72. The Morgan fingerprint density at radius 3 is 2.41 bits per heavy atom. The van der Waals surface area contributed by atoms with Gasteiger partial charge in [0.25, 0.3) is 0 Å². The highest BCUT2D eigenvalue weighted by Crippen LogP contribution is 2.24. The lowest BCUT2D eigenvalue weighted by Crippen LogP contribution is -2.54. The smallest absolute Gasteiger partial charge is 0.220 e. The minimum atomic E-state index is -3.42. The topological polar surface area (TPSA) is 91.0 Å². The Balaban J connectivity index is 0.00000363. The third kappa shape index (κ3) is 7.17. The van der Waals surface area contributed by atoms with Crippen LogP contribution in [0, 0.1) is 5.92 Å². The predicted molar refractivity (Wildman–Crippen MR) is 138 cm³/mol. The van der Waals surface area contributed by atoms with Crippen LogP contribution in [0.2, 0.25) is 0 Å². The average molecular weight is 576 g/mol. The molecule has 3 rings (SSSR count). The summed E-state index contributed by atoms with van der Waals surface area (Å²) >= 11 is 0. The van der Waals surface area contributed by atoms with Gasteiger partial charge in [-0.3, -0.25) is 4.99 Å². The summed E-state index contributed by atoms with van der Waals surface area (Å²) in [4.78, 5) is 7.07. The van der Waals surface area contributed by atoms with E-state index in [2.05, 4.69) is 53.5 Å². The number of nitrogens with zero attached hydrogens (tertiary/aromatic N) is 4. The monoisotopic (exact) mass is 575 g/mol. The van der Waals surface area contributed by atoms with Crippen LogP contribution in [0.4, 0.5) is 0 Å². The number of hydrogen-bond acceptors (Lipinski definition) is 5. The second-order valence-electron chi connectivity index (χ2n) is 8.09. The normalized spacial score (nSPS) is 16.6. The first-order chi connectivity index (χ1) is 14.9. The van der Waals surface area contributed by atoms with Crippen LogP contribution in [0.1, 0.15) is 37.9 Å². The van der Waals surface area contributed by atoms with Crippen molar-refractivity contribution in [2.24, 2.45) is 10.9 Å². The van der Waals surface area contributed by atoms with E-state index in [4.69, 9.17) is 9.52 Å². The van der Waals surface area contributed by atoms with Gasteiger partial charge < -0.3 is 14.7 Å². The van der Waals surface area contributed by atoms with E-state index >= 15 is 0 Å². The van der Waals surface area contributed by atoms with E-state index in [1.54, 1.807) is 6.07 Å². The van der Waals surface area contributed by atoms with E-state index in [9.17, 15) is 8.42 Å². The molecule has 0 amide bonds. The van der Waals surface area contributed by atoms with Gasteiger partial charge in [-0.15, -0.1) is 24.0 Å². The Bertz CT molecular complexity index is 928. The molecule has 1 aromatic heterocycles. The maximum absolute atomic E-state index is 12.7.